The predicted octanol–water partition coefficient (Wildman–Crippen LogP) is 0.242. The molecule has 0 N–H and O–H groups in total. The second kappa shape index (κ2) is 3.95. The Balaban J connectivity index is 1.57. The lowest BCUT2D eigenvalue weighted by Gasteiger charge is -2.59. The van der Waals surface area contributed by atoms with Crippen molar-refractivity contribution in [2.75, 3.05) is 33.2 Å². The van der Waals surface area contributed by atoms with Crippen LogP contribution >= 0.6 is 0 Å². The maximum Gasteiger partial charge on any atom is 0.228 e. The Kier molecular flexibility index (Phi) is 2.67. The number of fused-ring (bicyclic) bond motifs is 2. The molecule has 0 aliphatic carbocycles. The summed E-state index contributed by atoms with van der Waals surface area (Å²) in [6.45, 7) is 8.37. The van der Waals surface area contributed by atoms with Gasteiger partial charge >= 0.3 is 0 Å². The molecule has 4 fully saturated rings. The van der Waals surface area contributed by atoms with Crippen LogP contribution in [0.3, 0.4) is 0 Å². The average Bonchev–Trinajstić information content (AvgIpc) is 2.23. The van der Waals surface area contributed by atoms with Gasteiger partial charge in [0.1, 0.15) is 0 Å². The fourth-order valence-electron chi connectivity index (χ4n) is 3.78. The first-order valence-electron chi connectivity index (χ1n) is 6.81. The first-order valence-corrected chi connectivity index (χ1v) is 6.81. The summed E-state index contributed by atoms with van der Waals surface area (Å²) < 4.78 is 0. The monoisotopic (exact) mass is 237 g/mol. The SMILES string of the molecule is CC(C)N1C2CC1CN(C(=O)C1CN(C)C1)C2. The molecule has 0 spiro atoms. The highest BCUT2D eigenvalue weighted by Gasteiger charge is 2.48. The van der Waals surface area contributed by atoms with E-state index >= 15 is 0 Å². The molecular weight excluding hydrogens is 214 g/mol. The molecule has 2 unspecified atom stereocenters. The van der Waals surface area contributed by atoms with Crippen LogP contribution in [-0.4, -0.2) is 72.0 Å². The van der Waals surface area contributed by atoms with Crippen molar-refractivity contribution in [1.29, 1.82) is 0 Å². The van der Waals surface area contributed by atoms with Gasteiger partial charge in [-0.2, -0.15) is 0 Å². The fraction of sp³-hybridized carbons (Fsp3) is 0.923. The minimum Gasteiger partial charge on any atom is -0.339 e. The molecule has 4 heterocycles. The molecule has 0 aromatic carbocycles. The Bertz CT molecular complexity index is 313. The smallest absolute Gasteiger partial charge is 0.228 e. The first kappa shape index (κ1) is 11.5. The second-order valence-corrected chi connectivity index (χ2v) is 6.25. The Labute approximate surface area is 104 Å². The van der Waals surface area contributed by atoms with Gasteiger partial charge in [0.15, 0.2) is 0 Å². The van der Waals surface area contributed by atoms with Crippen molar-refractivity contribution in [3.8, 4) is 0 Å². The lowest BCUT2D eigenvalue weighted by Crippen LogP contribution is -2.72. The van der Waals surface area contributed by atoms with Gasteiger partial charge in [0.25, 0.3) is 0 Å². The van der Waals surface area contributed by atoms with E-state index in [0.29, 0.717) is 24.0 Å². The molecule has 4 nitrogen and oxygen atoms in total. The number of nitrogens with zero attached hydrogens (tertiary/aromatic N) is 3. The van der Waals surface area contributed by atoms with Gasteiger partial charge in [0.05, 0.1) is 5.92 Å². The molecule has 0 aromatic rings. The molecule has 4 rings (SSSR count). The predicted molar refractivity (Wildman–Crippen MR) is 66.7 cm³/mol. The molecule has 2 atom stereocenters. The number of carbonyl (C=O) groups is 1. The normalized spacial score (nSPS) is 34.7. The molecule has 96 valence electrons. The van der Waals surface area contributed by atoms with Crippen LogP contribution in [0.1, 0.15) is 20.3 Å². The number of piperidine rings is 1. The topological polar surface area (TPSA) is 26.8 Å². The zero-order valence-corrected chi connectivity index (χ0v) is 11.1. The summed E-state index contributed by atoms with van der Waals surface area (Å²) in [4.78, 5) is 19.2. The van der Waals surface area contributed by atoms with Crippen LogP contribution in [0.25, 0.3) is 0 Å². The third-order valence-electron chi connectivity index (χ3n) is 4.57. The Hall–Kier alpha value is -0.610. The summed E-state index contributed by atoms with van der Waals surface area (Å²) >= 11 is 0. The van der Waals surface area contributed by atoms with Crippen molar-refractivity contribution >= 4 is 5.91 Å². The molecule has 2 bridgehead atoms. The number of amides is 1. The quantitative estimate of drug-likeness (QED) is 0.688. The van der Waals surface area contributed by atoms with Crippen molar-refractivity contribution < 1.29 is 4.79 Å². The lowest BCUT2D eigenvalue weighted by molar-refractivity contribution is -0.155. The minimum absolute atomic E-state index is 0.282. The molecular formula is C13H23N3O. The van der Waals surface area contributed by atoms with Gasteiger partial charge in [-0.1, -0.05) is 0 Å². The van der Waals surface area contributed by atoms with Crippen LogP contribution in [0.5, 0.6) is 0 Å². The summed E-state index contributed by atoms with van der Waals surface area (Å²) in [6.07, 6.45) is 1.30. The van der Waals surface area contributed by atoms with E-state index in [1.165, 1.54) is 6.42 Å². The van der Waals surface area contributed by atoms with E-state index in [0.717, 1.165) is 26.2 Å². The molecule has 1 amide bonds. The van der Waals surface area contributed by atoms with Crippen LogP contribution in [0, 0.1) is 5.92 Å². The second-order valence-electron chi connectivity index (χ2n) is 6.25. The van der Waals surface area contributed by atoms with E-state index in [2.05, 4.69) is 35.6 Å². The highest BCUT2D eigenvalue weighted by atomic mass is 16.2. The number of hydrogen-bond acceptors (Lipinski definition) is 3. The van der Waals surface area contributed by atoms with E-state index in [4.69, 9.17) is 0 Å². The highest BCUT2D eigenvalue weighted by Crippen LogP contribution is 2.35. The molecule has 0 aromatic heterocycles. The standard InChI is InChI=1S/C13H23N3O/c1-9(2)16-11-4-12(16)8-15(7-11)13(17)10-5-14(3)6-10/h9-12H,4-8H2,1-3H3. The minimum atomic E-state index is 0.282. The third kappa shape index (κ3) is 1.78. The third-order valence-corrected chi connectivity index (χ3v) is 4.57. The van der Waals surface area contributed by atoms with E-state index in [1.54, 1.807) is 0 Å². The molecule has 4 saturated heterocycles. The van der Waals surface area contributed by atoms with Gasteiger partial charge in [-0.3, -0.25) is 9.69 Å². The molecule has 4 heteroatoms. The van der Waals surface area contributed by atoms with Gasteiger partial charge in [0.2, 0.25) is 5.91 Å². The molecule has 4 aliphatic rings. The Morgan fingerprint density at radius 1 is 1.12 bits per heavy atom. The first-order chi connectivity index (χ1) is 8.06. The summed E-state index contributed by atoms with van der Waals surface area (Å²) in [6, 6.07) is 1.90. The summed E-state index contributed by atoms with van der Waals surface area (Å²) in [5.74, 6) is 0.686. The van der Waals surface area contributed by atoms with Gasteiger partial charge in [-0.05, 0) is 27.3 Å². The lowest BCUT2D eigenvalue weighted by atomic mass is 9.84. The van der Waals surface area contributed by atoms with Crippen molar-refractivity contribution in [3.63, 3.8) is 0 Å². The zero-order valence-electron chi connectivity index (χ0n) is 11.1. The van der Waals surface area contributed by atoms with Crippen LogP contribution in [0.15, 0.2) is 0 Å². The average molecular weight is 237 g/mol. The zero-order chi connectivity index (χ0) is 12.2. The van der Waals surface area contributed by atoms with Gasteiger partial charge in [0, 0.05) is 44.3 Å². The molecule has 17 heavy (non-hydrogen) atoms. The summed E-state index contributed by atoms with van der Waals surface area (Å²) in [5.41, 5.74) is 0. The maximum atomic E-state index is 12.2. The van der Waals surface area contributed by atoms with Crippen LogP contribution in [0.2, 0.25) is 0 Å². The van der Waals surface area contributed by atoms with E-state index in [1.807, 2.05) is 0 Å². The molecule has 0 saturated carbocycles. The van der Waals surface area contributed by atoms with Crippen LogP contribution in [0.4, 0.5) is 0 Å². The van der Waals surface area contributed by atoms with Crippen molar-refractivity contribution in [2.24, 2.45) is 5.92 Å². The van der Waals surface area contributed by atoms with Crippen LogP contribution in [-0.2, 0) is 4.79 Å². The maximum absolute atomic E-state index is 12.2. The number of carbonyl (C=O) groups excluding carboxylic acids is 1. The number of rotatable bonds is 2. The van der Waals surface area contributed by atoms with E-state index in [-0.39, 0.29) is 5.92 Å². The van der Waals surface area contributed by atoms with Crippen molar-refractivity contribution in [1.82, 2.24) is 14.7 Å². The summed E-state index contributed by atoms with van der Waals surface area (Å²) in [5, 5.41) is 0. The van der Waals surface area contributed by atoms with Crippen LogP contribution < -0.4 is 0 Å². The van der Waals surface area contributed by atoms with E-state index in [9.17, 15) is 4.79 Å². The largest absolute Gasteiger partial charge is 0.339 e. The fourth-order valence-corrected chi connectivity index (χ4v) is 3.78. The number of hydrogen-bond donors (Lipinski definition) is 0. The Morgan fingerprint density at radius 3 is 2.18 bits per heavy atom. The van der Waals surface area contributed by atoms with Gasteiger partial charge in [-0.15, -0.1) is 0 Å². The summed E-state index contributed by atoms with van der Waals surface area (Å²) in [7, 11) is 2.08. The van der Waals surface area contributed by atoms with Crippen molar-refractivity contribution in [3.05, 3.63) is 0 Å². The van der Waals surface area contributed by atoms with Gasteiger partial charge in [-0.25, -0.2) is 0 Å². The number of piperazine rings is 1. The van der Waals surface area contributed by atoms with E-state index < -0.39 is 0 Å². The molecule has 0 radical (unpaired) electrons. The Morgan fingerprint density at radius 2 is 1.71 bits per heavy atom. The molecule has 4 aliphatic heterocycles. The highest BCUT2D eigenvalue weighted by molar-refractivity contribution is 5.80. The van der Waals surface area contributed by atoms with Gasteiger partial charge < -0.3 is 9.80 Å². The number of likely N-dealkylation sites (tertiary alicyclic amines) is 1. The van der Waals surface area contributed by atoms with Crippen molar-refractivity contribution in [2.45, 2.75) is 38.4 Å².